The van der Waals surface area contributed by atoms with Gasteiger partial charge in [-0.2, -0.15) is 0 Å². The standard InChI is InChI=1S/C26H29FN4O3S/c1-2-17-9-3-5-11-19(17)30-26(33)31-21-13-7-6-12-20(21)29-25(32)22-16-35-24(28-22)15-34-23-14-8-4-10-18(23)27/h3-5,8-11,14,16,20-21H,2,6-7,12-13,15H2,1H3,(H,29,32)(H2,30,31,33)/t20-,21+/m1/s1. The molecule has 0 unspecified atom stereocenters. The lowest BCUT2D eigenvalue weighted by molar-refractivity contribution is 0.0911. The summed E-state index contributed by atoms with van der Waals surface area (Å²) in [6, 6.07) is 13.2. The molecule has 184 valence electrons. The largest absolute Gasteiger partial charge is 0.483 e. The van der Waals surface area contributed by atoms with Crippen LogP contribution in [0.1, 0.15) is 53.7 Å². The molecule has 1 aliphatic carbocycles. The smallest absolute Gasteiger partial charge is 0.319 e. The Balaban J connectivity index is 1.33. The number of rotatable bonds is 8. The molecule has 0 spiro atoms. The average Bonchev–Trinajstić information content (AvgIpc) is 3.34. The number of thiazole rings is 1. The monoisotopic (exact) mass is 496 g/mol. The minimum atomic E-state index is -0.444. The van der Waals surface area contributed by atoms with Crippen molar-refractivity contribution >= 4 is 29.0 Å². The third-order valence-corrected chi connectivity index (χ3v) is 6.84. The molecule has 0 bridgehead atoms. The number of halogens is 1. The van der Waals surface area contributed by atoms with Gasteiger partial charge in [0, 0.05) is 17.1 Å². The van der Waals surface area contributed by atoms with E-state index in [9.17, 15) is 14.0 Å². The zero-order chi connectivity index (χ0) is 24.6. The number of para-hydroxylation sites is 2. The first-order valence-corrected chi connectivity index (χ1v) is 12.7. The zero-order valence-corrected chi connectivity index (χ0v) is 20.4. The summed E-state index contributed by atoms with van der Waals surface area (Å²) in [5, 5.41) is 11.2. The molecule has 0 radical (unpaired) electrons. The van der Waals surface area contributed by atoms with Gasteiger partial charge in [0.15, 0.2) is 11.6 Å². The highest BCUT2D eigenvalue weighted by Gasteiger charge is 2.29. The number of hydrogen-bond acceptors (Lipinski definition) is 5. The number of carbonyl (C=O) groups excluding carboxylic acids is 2. The van der Waals surface area contributed by atoms with Crippen LogP contribution in [0.25, 0.3) is 0 Å². The number of nitrogens with one attached hydrogen (secondary N) is 3. The number of hydrogen-bond donors (Lipinski definition) is 3. The van der Waals surface area contributed by atoms with Crippen LogP contribution >= 0.6 is 11.3 Å². The molecular weight excluding hydrogens is 467 g/mol. The van der Waals surface area contributed by atoms with E-state index in [0.717, 1.165) is 43.4 Å². The first-order chi connectivity index (χ1) is 17.0. The van der Waals surface area contributed by atoms with E-state index >= 15 is 0 Å². The Kier molecular flexibility index (Phi) is 8.31. The highest BCUT2D eigenvalue weighted by Crippen LogP contribution is 2.22. The highest BCUT2D eigenvalue weighted by molar-refractivity contribution is 7.09. The van der Waals surface area contributed by atoms with Gasteiger partial charge in [-0.05, 0) is 43.0 Å². The summed E-state index contributed by atoms with van der Waals surface area (Å²) in [5.41, 5.74) is 2.14. The highest BCUT2D eigenvalue weighted by atomic mass is 32.1. The van der Waals surface area contributed by atoms with E-state index in [4.69, 9.17) is 4.74 Å². The van der Waals surface area contributed by atoms with Gasteiger partial charge in [-0.25, -0.2) is 14.2 Å². The van der Waals surface area contributed by atoms with Gasteiger partial charge in [-0.15, -0.1) is 11.3 Å². The van der Waals surface area contributed by atoms with E-state index in [2.05, 4.69) is 20.9 Å². The molecular formula is C26H29FN4O3S. The van der Waals surface area contributed by atoms with Crippen molar-refractivity contribution in [1.29, 1.82) is 0 Å². The van der Waals surface area contributed by atoms with Crippen molar-refractivity contribution in [2.45, 2.75) is 57.7 Å². The van der Waals surface area contributed by atoms with Crippen LogP contribution in [0.3, 0.4) is 0 Å². The molecule has 1 saturated carbocycles. The van der Waals surface area contributed by atoms with E-state index in [1.165, 1.54) is 17.4 Å². The fourth-order valence-corrected chi connectivity index (χ4v) is 4.86. The minimum absolute atomic E-state index is 0.0753. The van der Waals surface area contributed by atoms with Crippen LogP contribution in [0, 0.1) is 5.82 Å². The number of nitrogens with zero attached hydrogens (tertiary/aromatic N) is 1. The van der Waals surface area contributed by atoms with Crippen molar-refractivity contribution in [3.63, 3.8) is 0 Å². The van der Waals surface area contributed by atoms with Crippen molar-refractivity contribution in [2.75, 3.05) is 5.32 Å². The molecule has 9 heteroatoms. The van der Waals surface area contributed by atoms with Gasteiger partial charge in [-0.3, -0.25) is 4.79 Å². The second-order valence-corrected chi connectivity index (χ2v) is 9.37. The van der Waals surface area contributed by atoms with Gasteiger partial charge < -0.3 is 20.7 Å². The van der Waals surface area contributed by atoms with Crippen LogP contribution in [0.5, 0.6) is 5.75 Å². The molecule has 0 saturated heterocycles. The van der Waals surface area contributed by atoms with Crippen molar-refractivity contribution in [3.05, 3.63) is 76.0 Å². The van der Waals surface area contributed by atoms with E-state index in [1.54, 1.807) is 23.6 Å². The number of ether oxygens (including phenoxy) is 1. The molecule has 1 aromatic heterocycles. The zero-order valence-electron chi connectivity index (χ0n) is 19.6. The lowest BCUT2D eigenvalue weighted by Gasteiger charge is -2.32. The van der Waals surface area contributed by atoms with Gasteiger partial charge in [0.2, 0.25) is 0 Å². The number of benzene rings is 2. The average molecular weight is 497 g/mol. The quantitative estimate of drug-likeness (QED) is 0.395. The van der Waals surface area contributed by atoms with Gasteiger partial charge in [0.25, 0.3) is 5.91 Å². The van der Waals surface area contributed by atoms with Gasteiger partial charge in [-0.1, -0.05) is 50.1 Å². The van der Waals surface area contributed by atoms with Crippen LogP contribution in [0.4, 0.5) is 14.9 Å². The molecule has 2 aromatic carbocycles. The first-order valence-electron chi connectivity index (χ1n) is 11.8. The van der Waals surface area contributed by atoms with E-state index < -0.39 is 5.82 Å². The lowest BCUT2D eigenvalue weighted by Crippen LogP contribution is -2.54. The van der Waals surface area contributed by atoms with Crippen LogP contribution < -0.4 is 20.7 Å². The van der Waals surface area contributed by atoms with Gasteiger partial charge in [0.1, 0.15) is 17.3 Å². The second-order valence-electron chi connectivity index (χ2n) is 8.43. The molecule has 2 atom stereocenters. The van der Waals surface area contributed by atoms with Gasteiger partial charge >= 0.3 is 6.03 Å². The van der Waals surface area contributed by atoms with Crippen LogP contribution in [0.2, 0.25) is 0 Å². The normalized spacial score (nSPS) is 17.4. The summed E-state index contributed by atoms with van der Waals surface area (Å²) < 4.78 is 19.2. The Morgan fingerprint density at radius 3 is 2.54 bits per heavy atom. The second kappa shape index (κ2) is 11.8. The molecule has 0 aliphatic heterocycles. The predicted octanol–water partition coefficient (Wildman–Crippen LogP) is 5.29. The summed E-state index contributed by atoms with van der Waals surface area (Å²) in [6.45, 7) is 2.12. The number of anilines is 1. The fourth-order valence-electron chi connectivity index (χ4n) is 4.18. The Morgan fingerprint density at radius 1 is 1.06 bits per heavy atom. The number of carbonyl (C=O) groups is 2. The third kappa shape index (κ3) is 6.57. The fraction of sp³-hybridized carbons (Fsp3) is 0.346. The SMILES string of the molecule is CCc1ccccc1NC(=O)N[C@H]1CCCC[C@H]1NC(=O)c1csc(COc2ccccc2F)n1. The molecule has 3 aromatic rings. The molecule has 7 nitrogen and oxygen atoms in total. The van der Waals surface area contributed by atoms with Gasteiger partial charge in [0.05, 0.1) is 6.04 Å². The van der Waals surface area contributed by atoms with Crippen molar-refractivity contribution in [2.24, 2.45) is 0 Å². The third-order valence-electron chi connectivity index (χ3n) is 6.02. The number of urea groups is 1. The molecule has 4 rings (SSSR count). The van der Waals surface area contributed by atoms with E-state index in [0.29, 0.717) is 5.01 Å². The molecule has 3 amide bonds. The topological polar surface area (TPSA) is 92.4 Å². The summed E-state index contributed by atoms with van der Waals surface area (Å²) in [4.78, 5) is 29.9. The van der Waals surface area contributed by atoms with Crippen molar-refractivity contribution < 1.29 is 18.7 Å². The Morgan fingerprint density at radius 2 is 1.77 bits per heavy atom. The maximum absolute atomic E-state index is 13.7. The molecule has 3 N–H and O–H groups in total. The summed E-state index contributed by atoms with van der Waals surface area (Å²) >= 11 is 1.28. The van der Waals surface area contributed by atoms with E-state index in [1.807, 2.05) is 31.2 Å². The number of aromatic nitrogens is 1. The van der Waals surface area contributed by atoms with E-state index in [-0.39, 0.29) is 42.1 Å². The molecule has 1 heterocycles. The maximum atomic E-state index is 13.7. The Labute approximate surface area is 208 Å². The summed E-state index contributed by atoms with van der Waals surface area (Å²) in [6.07, 6.45) is 4.33. The lowest BCUT2D eigenvalue weighted by atomic mass is 9.90. The van der Waals surface area contributed by atoms with Crippen LogP contribution in [0.15, 0.2) is 53.9 Å². The first kappa shape index (κ1) is 24.7. The molecule has 1 aliphatic rings. The number of aryl methyl sites for hydroxylation is 1. The Hall–Kier alpha value is -3.46. The minimum Gasteiger partial charge on any atom is -0.483 e. The van der Waals surface area contributed by atoms with Crippen LogP contribution in [-0.2, 0) is 13.0 Å². The predicted molar refractivity (Wildman–Crippen MR) is 134 cm³/mol. The summed E-state index contributed by atoms with van der Waals surface area (Å²) in [5.74, 6) is -0.599. The van der Waals surface area contributed by atoms with Crippen molar-refractivity contribution in [3.8, 4) is 5.75 Å². The summed E-state index contributed by atoms with van der Waals surface area (Å²) in [7, 11) is 0. The Bertz CT molecular complexity index is 1170. The maximum Gasteiger partial charge on any atom is 0.319 e. The van der Waals surface area contributed by atoms with Crippen molar-refractivity contribution in [1.82, 2.24) is 15.6 Å². The molecule has 1 fully saturated rings. The van der Waals surface area contributed by atoms with Crippen LogP contribution in [-0.4, -0.2) is 29.0 Å². The molecule has 35 heavy (non-hydrogen) atoms. The number of amides is 3.